The quantitative estimate of drug-likeness (QED) is 0.282. The Morgan fingerprint density at radius 3 is 2.03 bits per heavy atom. The van der Waals surface area contributed by atoms with Gasteiger partial charge in [-0.25, -0.2) is 0 Å². The van der Waals surface area contributed by atoms with E-state index in [1.54, 1.807) is 0 Å². The summed E-state index contributed by atoms with van der Waals surface area (Å²) in [7, 11) is 2.22. The van der Waals surface area contributed by atoms with Crippen LogP contribution in [0, 0.1) is 0 Å². The van der Waals surface area contributed by atoms with Crippen LogP contribution >= 0.6 is 0 Å². The number of fused-ring (bicyclic) bond motifs is 6. The molecule has 158 valence electrons. The highest BCUT2D eigenvalue weighted by Gasteiger charge is 2.51. The summed E-state index contributed by atoms with van der Waals surface area (Å²) in [6, 6.07) is 40.2. The molecule has 0 amide bonds. The van der Waals surface area contributed by atoms with Crippen molar-refractivity contribution in [2.24, 2.45) is 7.05 Å². The fourth-order valence-electron chi connectivity index (χ4n) is 6.58. The minimum Gasteiger partial charge on any atom is -0.344 e. The molecule has 5 aromatic rings. The molecule has 0 aliphatic heterocycles. The number of para-hydroxylation sites is 1. The lowest BCUT2D eigenvalue weighted by molar-refractivity contribution is 0.688. The van der Waals surface area contributed by atoms with E-state index in [-0.39, 0.29) is 5.41 Å². The third-order valence-corrected chi connectivity index (χ3v) is 7.92. The van der Waals surface area contributed by atoms with E-state index in [4.69, 9.17) is 0 Å². The summed E-state index contributed by atoms with van der Waals surface area (Å²) in [5, 5.41) is 1.39. The highest BCUT2D eigenvalue weighted by molar-refractivity contribution is 5.91. The van der Waals surface area contributed by atoms with E-state index in [1.807, 2.05) is 0 Å². The average molecular weight is 424 g/mol. The van der Waals surface area contributed by atoms with E-state index in [9.17, 15) is 0 Å². The molecular weight excluding hydrogens is 398 g/mol. The van der Waals surface area contributed by atoms with Crippen LogP contribution in [0.15, 0.2) is 115 Å². The highest BCUT2D eigenvalue weighted by Crippen LogP contribution is 2.60. The number of aryl methyl sites for hydroxylation is 1. The van der Waals surface area contributed by atoms with Crippen LogP contribution in [0.4, 0.5) is 0 Å². The van der Waals surface area contributed by atoms with Gasteiger partial charge < -0.3 is 4.57 Å². The molecule has 1 atom stereocenters. The Morgan fingerprint density at radius 1 is 0.697 bits per heavy atom. The maximum Gasteiger partial charge on any atom is 0.0674 e. The van der Waals surface area contributed by atoms with Crippen LogP contribution in [0.5, 0.6) is 0 Å². The van der Waals surface area contributed by atoms with Gasteiger partial charge in [-0.2, -0.15) is 0 Å². The van der Waals surface area contributed by atoms with Crippen molar-refractivity contribution in [1.29, 1.82) is 0 Å². The van der Waals surface area contributed by atoms with Crippen molar-refractivity contribution in [3.8, 4) is 0 Å². The summed E-state index contributed by atoms with van der Waals surface area (Å²) >= 11 is 0. The molecule has 0 spiro atoms. The Balaban J connectivity index is 1.63. The Labute approximate surface area is 194 Å². The number of aromatic nitrogens is 1. The van der Waals surface area contributed by atoms with E-state index in [1.165, 1.54) is 50.0 Å². The number of allylic oxidation sites excluding steroid dienone is 1. The standard InChI is InChI=1S/C32H25N/c1-33-30-19-11-9-17-25(30)27-20-26-24-16-8-10-18-28(24)32(29(26)21-31(27)33,22-12-4-2-5-13-22)23-14-6-3-7-15-23/h2-19,21,26H,20H2,1H3. The predicted molar refractivity (Wildman–Crippen MR) is 137 cm³/mol. The third-order valence-electron chi connectivity index (χ3n) is 7.92. The van der Waals surface area contributed by atoms with Gasteiger partial charge >= 0.3 is 0 Å². The topological polar surface area (TPSA) is 4.93 Å². The number of hydrogen-bond acceptors (Lipinski definition) is 0. The highest BCUT2D eigenvalue weighted by atomic mass is 14.9. The van der Waals surface area contributed by atoms with Crippen molar-refractivity contribution >= 4 is 17.0 Å². The molecule has 1 unspecified atom stereocenters. The van der Waals surface area contributed by atoms with Gasteiger partial charge in [0.25, 0.3) is 0 Å². The predicted octanol–water partition coefficient (Wildman–Crippen LogP) is 7.25. The summed E-state index contributed by atoms with van der Waals surface area (Å²) in [4.78, 5) is 0. The summed E-state index contributed by atoms with van der Waals surface area (Å²) in [5.41, 5.74) is 11.0. The van der Waals surface area contributed by atoms with Crippen molar-refractivity contribution < 1.29 is 0 Å². The Bertz CT molecular complexity index is 1500. The molecule has 0 radical (unpaired) electrons. The SMILES string of the molecule is Cn1c2c(c3ccccc31)CC1C(=C2)C(c2ccccc2)(c2ccccc2)c2ccccc21. The van der Waals surface area contributed by atoms with Crippen LogP contribution in [-0.2, 0) is 18.9 Å². The van der Waals surface area contributed by atoms with Crippen LogP contribution < -0.4 is 0 Å². The Hall–Kier alpha value is -3.84. The fraction of sp³-hybridized carbons (Fsp3) is 0.125. The van der Waals surface area contributed by atoms with Crippen molar-refractivity contribution in [3.63, 3.8) is 0 Å². The maximum absolute atomic E-state index is 2.52. The van der Waals surface area contributed by atoms with Gasteiger partial charge in [-0.1, -0.05) is 103 Å². The molecule has 1 aromatic heterocycles. The maximum atomic E-state index is 2.52. The van der Waals surface area contributed by atoms with E-state index in [0.717, 1.165) is 6.42 Å². The largest absolute Gasteiger partial charge is 0.344 e. The smallest absolute Gasteiger partial charge is 0.0674 e. The first-order valence-corrected chi connectivity index (χ1v) is 11.8. The monoisotopic (exact) mass is 423 g/mol. The van der Waals surface area contributed by atoms with Gasteiger partial charge in [-0.05, 0) is 52.0 Å². The van der Waals surface area contributed by atoms with Gasteiger partial charge in [0.2, 0.25) is 0 Å². The molecular formula is C32H25N. The summed E-state index contributed by atoms with van der Waals surface area (Å²) in [5.74, 6) is 0.375. The lowest BCUT2D eigenvalue weighted by atomic mass is 9.65. The second-order valence-electron chi connectivity index (χ2n) is 9.37. The molecule has 2 aliphatic rings. The average Bonchev–Trinajstić information content (AvgIpc) is 3.34. The zero-order valence-electron chi connectivity index (χ0n) is 18.7. The van der Waals surface area contributed by atoms with Crippen LogP contribution in [0.1, 0.15) is 39.4 Å². The van der Waals surface area contributed by atoms with Crippen molar-refractivity contribution in [1.82, 2.24) is 4.57 Å². The second-order valence-corrected chi connectivity index (χ2v) is 9.37. The molecule has 0 bridgehead atoms. The van der Waals surface area contributed by atoms with Gasteiger partial charge in [-0.3, -0.25) is 0 Å². The molecule has 4 aromatic carbocycles. The molecule has 33 heavy (non-hydrogen) atoms. The zero-order chi connectivity index (χ0) is 22.0. The summed E-state index contributed by atoms with van der Waals surface area (Å²) in [6.07, 6.45) is 3.56. The summed E-state index contributed by atoms with van der Waals surface area (Å²) in [6.45, 7) is 0. The van der Waals surface area contributed by atoms with Crippen molar-refractivity contribution in [3.05, 3.63) is 148 Å². The van der Waals surface area contributed by atoms with E-state index in [2.05, 4.69) is 127 Å². The first kappa shape index (κ1) is 18.7. The number of rotatable bonds is 2. The van der Waals surface area contributed by atoms with Crippen LogP contribution in [0.25, 0.3) is 17.0 Å². The Kier molecular flexibility index (Phi) is 3.87. The molecule has 7 rings (SSSR count). The van der Waals surface area contributed by atoms with Crippen LogP contribution in [-0.4, -0.2) is 4.57 Å². The van der Waals surface area contributed by atoms with Gasteiger partial charge in [0, 0.05) is 29.6 Å². The molecule has 0 saturated heterocycles. The zero-order valence-corrected chi connectivity index (χ0v) is 18.7. The minimum absolute atomic E-state index is 0.280. The number of benzene rings is 4. The molecule has 0 N–H and O–H groups in total. The van der Waals surface area contributed by atoms with Crippen molar-refractivity contribution in [2.75, 3.05) is 0 Å². The molecule has 2 aliphatic carbocycles. The molecule has 1 heterocycles. The first-order chi connectivity index (χ1) is 16.3. The van der Waals surface area contributed by atoms with Gasteiger partial charge in [0.05, 0.1) is 5.41 Å². The van der Waals surface area contributed by atoms with E-state index in [0.29, 0.717) is 5.92 Å². The fourth-order valence-corrected chi connectivity index (χ4v) is 6.58. The van der Waals surface area contributed by atoms with Gasteiger partial charge in [-0.15, -0.1) is 0 Å². The third kappa shape index (κ3) is 2.37. The molecule has 1 nitrogen and oxygen atoms in total. The molecule has 1 heteroatoms. The van der Waals surface area contributed by atoms with Crippen LogP contribution in [0.3, 0.4) is 0 Å². The van der Waals surface area contributed by atoms with E-state index < -0.39 is 0 Å². The Morgan fingerprint density at radius 2 is 1.30 bits per heavy atom. The summed E-state index contributed by atoms with van der Waals surface area (Å²) < 4.78 is 2.39. The normalized spacial score (nSPS) is 17.8. The van der Waals surface area contributed by atoms with Crippen molar-refractivity contribution in [2.45, 2.75) is 17.8 Å². The number of nitrogens with zero attached hydrogens (tertiary/aromatic N) is 1. The molecule has 0 fully saturated rings. The second kappa shape index (κ2) is 6.83. The van der Waals surface area contributed by atoms with E-state index >= 15 is 0 Å². The number of hydrogen-bond donors (Lipinski definition) is 0. The van der Waals surface area contributed by atoms with Gasteiger partial charge in [0.15, 0.2) is 0 Å². The first-order valence-electron chi connectivity index (χ1n) is 11.8. The lowest BCUT2D eigenvalue weighted by Gasteiger charge is -2.36. The lowest BCUT2D eigenvalue weighted by Crippen LogP contribution is -2.30. The van der Waals surface area contributed by atoms with Crippen LogP contribution in [0.2, 0.25) is 0 Å². The molecule has 0 saturated carbocycles. The van der Waals surface area contributed by atoms with Gasteiger partial charge in [0.1, 0.15) is 0 Å². The minimum atomic E-state index is -0.280.